The number of aromatic hydroxyl groups is 1. The van der Waals surface area contributed by atoms with Crippen LogP contribution >= 0.6 is 0 Å². The fourth-order valence-corrected chi connectivity index (χ4v) is 4.17. The largest absolute Gasteiger partial charge is 0.507 e. The van der Waals surface area contributed by atoms with Crippen LogP contribution in [0.1, 0.15) is 41.4 Å². The normalized spacial score (nSPS) is 11.1. The molecule has 2 aromatic heterocycles. The molecule has 0 atom stereocenters. The molecule has 40 heavy (non-hydrogen) atoms. The molecule has 0 saturated carbocycles. The molecule has 0 amide bonds. The minimum absolute atomic E-state index is 0.116. The molecule has 8 heteroatoms. The second-order valence-electron chi connectivity index (χ2n) is 9.13. The van der Waals surface area contributed by atoms with Crippen LogP contribution in [0.3, 0.4) is 0 Å². The first-order valence-electron chi connectivity index (χ1n) is 12.5. The van der Waals surface area contributed by atoms with Gasteiger partial charge in [0, 0.05) is 35.6 Å². The van der Waals surface area contributed by atoms with Gasteiger partial charge in [-0.1, -0.05) is 50.3 Å². The summed E-state index contributed by atoms with van der Waals surface area (Å²) in [7, 11) is 4.54. The van der Waals surface area contributed by atoms with Crippen LogP contribution in [-0.4, -0.2) is 32.2 Å². The lowest BCUT2D eigenvalue weighted by Gasteiger charge is -2.10. The number of fused-ring (bicyclic) bond motifs is 2. The van der Waals surface area contributed by atoms with Crippen LogP contribution in [0.25, 0.3) is 28.0 Å². The van der Waals surface area contributed by atoms with Gasteiger partial charge < -0.3 is 28.2 Å². The van der Waals surface area contributed by atoms with E-state index in [-0.39, 0.29) is 34.4 Å². The molecule has 0 bridgehead atoms. The fraction of sp³-hybridized carbons (Fsp3) is 0.188. The van der Waals surface area contributed by atoms with Crippen molar-refractivity contribution in [2.75, 3.05) is 21.3 Å². The Labute approximate surface area is 231 Å². The van der Waals surface area contributed by atoms with Crippen LogP contribution in [0.5, 0.6) is 23.0 Å². The zero-order valence-corrected chi connectivity index (χ0v) is 22.9. The van der Waals surface area contributed by atoms with Gasteiger partial charge in [-0.05, 0) is 23.8 Å². The van der Waals surface area contributed by atoms with Crippen LogP contribution in [-0.2, 0) is 0 Å². The number of ketones is 1. The summed E-state index contributed by atoms with van der Waals surface area (Å²) in [6.45, 7) is 4.08. The summed E-state index contributed by atoms with van der Waals surface area (Å²) in [5, 5.41) is 11.7. The zero-order valence-electron chi connectivity index (χ0n) is 22.9. The van der Waals surface area contributed by atoms with Gasteiger partial charge in [0.2, 0.25) is 0 Å². The summed E-state index contributed by atoms with van der Waals surface area (Å²) in [6.07, 6.45) is 3.09. The minimum Gasteiger partial charge on any atom is -0.507 e. The molecule has 0 spiro atoms. The van der Waals surface area contributed by atoms with Crippen LogP contribution in [0, 0.1) is 0 Å². The molecule has 206 valence electrons. The molecule has 5 rings (SSSR count). The van der Waals surface area contributed by atoms with Crippen molar-refractivity contribution in [3.63, 3.8) is 0 Å². The maximum Gasteiger partial charge on any atom is 0.336 e. The summed E-state index contributed by atoms with van der Waals surface area (Å²) in [6, 6.07) is 19.2. The van der Waals surface area contributed by atoms with E-state index in [1.54, 1.807) is 31.4 Å². The number of phenolic OH excluding ortho intramolecular Hbond substituents is 1. The highest BCUT2D eigenvalue weighted by atomic mass is 16.5. The molecule has 0 aliphatic heterocycles. The Morgan fingerprint density at radius 1 is 0.875 bits per heavy atom. The predicted molar refractivity (Wildman–Crippen MR) is 154 cm³/mol. The van der Waals surface area contributed by atoms with Crippen molar-refractivity contribution in [2.24, 2.45) is 0 Å². The summed E-state index contributed by atoms with van der Waals surface area (Å²) < 4.78 is 26.6. The standard InChI is InChI=1S/C17H16O4.C15H14O4/c1-20-13-10-15(19)17(16(11-13)21-2)14(18)9-8-12-6-4-3-5-7-12;1-8(2)14-15(17-3)10-6-9-4-5-13(16)18-11(9)7-12(10)19-14/h3-11,19H,1-2H3;4-8H,1-3H3. The van der Waals surface area contributed by atoms with E-state index in [1.165, 1.54) is 32.4 Å². The van der Waals surface area contributed by atoms with Gasteiger partial charge in [0.1, 0.15) is 39.7 Å². The van der Waals surface area contributed by atoms with Crippen molar-refractivity contribution in [3.8, 4) is 23.0 Å². The molecule has 3 aromatic carbocycles. The Kier molecular flexibility index (Phi) is 8.59. The zero-order chi connectivity index (χ0) is 28.8. The van der Waals surface area contributed by atoms with E-state index in [4.69, 9.17) is 23.0 Å². The van der Waals surface area contributed by atoms with E-state index in [2.05, 4.69) is 0 Å². The Balaban J connectivity index is 0.000000186. The van der Waals surface area contributed by atoms with Crippen LogP contribution < -0.4 is 19.8 Å². The average molecular weight is 543 g/mol. The monoisotopic (exact) mass is 542 g/mol. The molecule has 1 N–H and O–H groups in total. The van der Waals surface area contributed by atoms with E-state index in [0.29, 0.717) is 16.9 Å². The fourth-order valence-electron chi connectivity index (χ4n) is 4.17. The number of carbonyl (C=O) groups excluding carboxylic acids is 1. The number of benzene rings is 3. The molecule has 0 fully saturated rings. The first kappa shape index (κ1) is 28.0. The Morgan fingerprint density at radius 3 is 2.27 bits per heavy atom. The third-order valence-corrected chi connectivity index (χ3v) is 6.12. The SMILES string of the molecule is COc1c(C(C)C)oc2cc3oc(=O)ccc3cc12.COc1cc(O)c(C(=O)C=Cc2ccccc2)c(OC)c1. The van der Waals surface area contributed by atoms with Crippen LogP contribution in [0.15, 0.2) is 86.4 Å². The van der Waals surface area contributed by atoms with Gasteiger partial charge in [-0.25, -0.2) is 4.79 Å². The van der Waals surface area contributed by atoms with E-state index in [1.807, 2.05) is 50.2 Å². The Bertz CT molecular complexity index is 1730. The molecule has 0 unspecified atom stereocenters. The average Bonchev–Trinajstić information content (AvgIpc) is 3.32. The van der Waals surface area contributed by atoms with Crippen molar-refractivity contribution < 1.29 is 32.9 Å². The first-order chi connectivity index (χ1) is 19.2. The second kappa shape index (κ2) is 12.3. The summed E-state index contributed by atoms with van der Waals surface area (Å²) >= 11 is 0. The van der Waals surface area contributed by atoms with Gasteiger partial charge >= 0.3 is 5.63 Å². The van der Waals surface area contributed by atoms with E-state index < -0.39 is 0 Å². The highest BCUT2D eigenvalue weighted by Crippen LogP contribution is 2.39. The number of phenols is 1. The van der Waals surface area contributed by atoms with Gasteiger partial charge in [0.05, 0.1) is 26.7 Å². The number of methoxy groups -OCH3 is 3. The van der Waals surface area contributed by atoms with Gasteiger partial charge in [0.25, 0.3) is 0 Å². The lowest BCUT2D eigenvalue weighted by molar-refractivity contribution is 0.104. The van der Waals surface area contributed by atoms with Crippen LogP contribution in [0.4, 0.5) is 0 Å². The van der Waals surface area contributed by atoms with Crippen molar-refractivity contribution in [2.45, 2.75) is 19.8 Å². The van der Waals surface area contributed by atoms with Gasteiger partial charge in [-0.15, -0.1) is 0 Å². The van der Waals surface area contributed by atoms with Crippen molar-refractivity contribution in [3.05, 3.63) is 100 Å². The molecule has 0 radical (unpaired) electrons. The molecule has 2 heterocycles. The van der Waals surface area contributed by atoms with Crippen molar-refractivity contribution >= 4 is 33.8 Å². The molecule has 0 aliphatic rings. The summed E-state index contributed by atoms with van der Waals surface area (Å²) in [4.78, 5) is 23.5. The molecule has 8 nitrogen and oxygen atoms in total. The molecule has 5 aromatic rings. The maximum atomic E-state index is 12.3. The number of ether oxygens (including phenoxy) is 3. The third kappa shape index (κ3) is 6.02. The topological polar surface area (TPSA) is 108 Å². The molecular formula is C32H30O8. The highest BCUT2D eigenvalue weighted by molar-refractivity contribution is 6.10. The van der Waals surface area contributed by atoms with Gasteiger partial charge in [0.15, 0.2) is 11.5 Å². The number of hydrogen-bond acceptors (Lipinski definition) is 8. The van der Waals surface area contributed by atoms with E-state index in [9.17, 15) is 14.7 Å². The number of furan rings is 1. The number of rotatable bonds is 7. The van der Waals surface area contributed by atoms with E-state index in [0.717, 1.165) is 27.8 Å². The molecule has 0 saturated heterocycles. The number of hydrogen-bond donors (Lipinski definition) is 1. The van der Waals surface area contributed by atoms with Crippen molar-refractivity contribution in [1.82, 2.24) is 0 Å². The lowest BCUT2D eigenvalue weighted by atomic mass is 10.1. The lowest BCUT2D eigenvalue weighted by Crippen LogP contribution is -2.00. The second-order valence-corrected chi connectivity index (χ2v) is 9.13. The van der Waals surface area contributed by atoms with Gasteiger partial charge in [-0.3, -0.25) is 4.79 Å². The van der Waals surface area contributed by atoms with Crippen molar-refractivity contribution in [1.29, 1.82) is 0 Å². The smallest absolute Gasteiger partial charge is 0.336 e. The molecular weight excluding hydrogens is 512 g/mol. The van der Waals surface area contributed by atoms with Gasteiger partial charge in [-0.2, -0.15) is 0 Å². The molecule has 0 aliphatic carbocycles. The number of allylic oxidation sites excluding steroid dienone is 1. The minimum atomic E-state index is -0.366. The quantitative estimate of drug-likeness (QED) is 0.133. The van der Waals surface area contributed by atoms with E-state index >= 15 is 0 Å². The van der Waals surface area contributed by atoms with Crippen LogP contribution in [0.2, 0.25) is 0 Å². The summed E-state index contributed by atoms with van der Waals surface area (Å²) in [5.74, 6) is 1.96. The third-order valence-electron chi connectivity index (χ3n) is 6.12. The Morgan fingerprint density at radius 2 is 1.62 bits per heavy atom. The number of carbonyl (C=O) groups is 1. The highest BCUT2D eigenvalue weighted by Gasteiger charge is 2.19. The summed E-state index contributed by atoms with van der Waals surface area (Å²) in [5.41, 5.74) is 1.84. The maximum absolute atomic E-state index is 12.3. The Hall–Kier alpha value is -4.98. The predicted octanol–water partition coefficient (Wildman–Crippen LogP) is 6.98. The first-order valence-corrected chi connectivity index (χ1v) is 12.5.